The Morgan fingerprint density at radius 1 is 1.03 bits per heavy atom. The minimum atomic E-state index is -0.973. The van der Waals surface area contributed by atoms with Gasteiger partial charge in [-0.15, -0.1) is 0 Å². The fraction of sp³-hybridized carbons (Fsp3) is 0.192. The third-order valence-electron chi connectivity index (χ3n) is 7.14. The summed E-state index contributed by atoms with van der Waals surface area (Å²) in [5, 5.41) is 11.4. The number of imide groups is 1. The van der Waals surface area contributed by atoms with Gasteiger partial charge in [0.1, 0.15) is 6.04 Å². The lowest BCUT2D eigenvalue weighted by molar-refractivity contribution is -0.384. The first-order valence-corrected chi connectivity index (χ1v) is 11.1. The van der Waals surface area contributed by atoms with Gasteiger partial charge in [-0.1, -0.05) is 30.3 Å². The summed E-state index contributed by atoms with van der Waals surface area (Å²) in [4.78, 5) is 55.0. The maximum absolute atomic E-state index is 13.9. The lowest BCUT2D eigenvalue weighted by Gasteiger charge is -2.35. The third kappa shape index (κ3) is 2.91. The molecule has 3 aliphatic heterocycles. The van der Waals surface area contributed by atoms with Crippen molar-refractivity contribution < 1.29 is 23.7 Å². The van der Waals surface area contributed by atoms with Crippen LogP contribution < -0.4 is 4.90 Å². The number of fused-ring (bicyclic) bond motifs is 5. The second-order valence-corrected chi connectivity index (χ2v) is 8.91. The van der Waals surface area contributed by atoms with Crippen molar-refractivity contribution in [2.45, 2.75) is 19.0 Å². The zero-order valence-corrected chi connectivity index (χ0v) is 18.5. The largest absolute Gasteiger partial charge is 0.461 e. The first kappa shape index (κ1) is 21.0. The Bertz CT molecular complexity index is 1440. The molecule has 2 saturated heterocycles. The topological polar surface area (TPSA) is 114 Å². The molecule has 4 atom stereocenters. The van der Waals surface area contributed by atoms with Crippen molar-refractivity contribution >= 4 is 35.0 Å². The van der Waals surface area contributed by atoms with E-state index in [4.69, 9.17) is 4.42 Å². The Balaban J connectivity index is 1.51. The van der Waals surface area contributed by atoms with Crippen molar-refractivity contribution in [1.82, 2.24) is 4.90 Å². The molecule has 0 unspecified atom stereocenters. The maximum atomic E-state index is 13.9. The highest BCUT2D eigenvalue weighted by atomic mass is 16.6. The first-order chi connectivity index (χ1) is 16.9. The summed E-state index contributed by atoms with van der Waals surface area (Å²) in [6.07, 6.45) is 5.02. The van der Waals surface area contributed by atoms with Crippen LogP contribution in [-0.4, -0.2) is 33.5 Å². The Hall–Kier alpha value is -4.53. The maximum Gasteiger partial charge on any atom is 0.271 e. The molecule has 0 N–H and O–H groups in total. The number of nitro groups is 1. The van der Waals surface area contributed by atoms with Crippen LogP contribution in [-0.2, 0) is 9.59 Å². The number of carbonyl (C=O) groups is 3. The second kappa shape index (κ2) is 7.49. The number of nitro benzene ring substituents is 1. The molecule has 0 radical (unpaired) electrons. The average Bonchev–Trinajstić information content (AvgIpc) is 3.56. The number of nitrogens with zero attached hydrogens (tertiary/aromatic N) is 3. The standard InChI is InChI=1S/C26H19N3O6/c1-14-8-9-16(29(33)34)13-18(14)28-25(31)20-21(26(28)32)23(24(30)19-7-4-12-35-19)27-11-10-15-5-2-3-6-17(15)22(20)27/h2-13,20-23H,1H3/t20-,21+,22-,23+/m0/s1. The zero-order chi connectivity index (χ0) is 24.4. The number of rotatable bonds is 4. The van der Waals surface area contributed by atoms with E-state index in [2.05, 4.69) is 0 Å². The van der Waals surface area contributed by atoms with Gasteiger partial charge in [0.2, 0.25) is 17.6 Å². The number of non-ortho nitro benzene ring substituents is 1. The predicted molar refractivity (Wildman–Crippen MR) is 124 cm³/mol. The van der Waals surface area contributed by atoms with E-state index in [0.29, 0.717) is 5.56 Å². The van der Waals surface area contributed by atoms with Crippen LogP contribution in [0.5, 0.6) is 0 Å². The number of carbonyl (C=O) groups excluding carboxylic acids is 3. The van der Waals surface area contributed by atoms with E-state index in [1.807, 2.05) is 30.3 Å². The molecule has 0 spiro atoms. The number of amides is 2. The van der Waals surface area contributed by atoms with Gasteiger partial charge < -0.3 is 9.32 Å². The molecule has 9 nitrogen and oxygen atoms in total. The van der Waals surface area contributed by atoms with Gasteiger partial charge in [-0.25, -0.2) is 4.90 Å². The molecule has 6 rings (SSSR count). The van der Waals surface area contributed by atoms with E-state index < -0.39 is 46.4 Å². The van der Waals surface area contributed by atoms with Crippen LogP contribution in [0.25, 0.3) is 6.08 Å². The number of Topliss-reactive ketones (excluding diaryl/α,β-unsaturated/α-hetero) is 1. The number of hydrogen-bond donors (Lipinski definition) is 0. The summed E-state index contributed by atoms with van der Waals surface area (Å²) in [5.74, 6) is -3.12. The number of furan rings is 1. The molecule has 2 amide bonds. The van der Waals surface area contributed by atoms with Gasteiger partial charge in [0, 0.05) is 18.3 Å². The first-order valence-electron chi connectivity index (χ1n) is 11.1. The lowest BCUT2D eigenvalue weighted by Crippen LogP contribution is -2.44. The molecule has 1 aromatic heterocycles. The molecular weight excluding hydrogens is 450 g/mol. The van der Waals surface area contributed by atoms with Gasteiger partial charge in [0.05, 0.1) is 34.8 Å². The van der Waals surface area contributed by atoms with Crippen molar-refractivity contribution in [3.05, 3.63) is 99.6 Å². The van der Waals surface area contributed by atoms with Gasteiger partial charge in [-0.05, 0) is 41.8 Å². The summed E-state index contributed by atoms with van der Waals surface area (Å²) in [6.45, 7) is 1.68. The van der Waals surface area contributed by atoms with Crippen molar-refractivity contribution in [1.29, 1.82) is 0 Å². The van der Waals surface area contributed by atoms with Crippen LogP contribution in [0.15, 0.2) is 71.5 Å². The summed E-state index contributed by atoms with van der Waals surface area (Å²) in [6, 6.07) is 13.3. The fourth-order valence-electron chi connectivity index (χ4n) is 5.61. The Labute approximate surface area is 199 Å². The highest BCUT2D eigenvalue weighted by molar-refractivity contribution is 6.25. The summed E-state index contributed by atoms with van der Waals surface area (Å²) < 4.78 is 5.36. The molecule has 9 heteroatoms. The van der Waals surface area contributed by atoms with Crippen LogP contribution in [0.2, 0.25) is 0 Å². The minimum Gasteiger partial charge on any atom is -0.461 e. The molecule has 0 saturated carbocycles. The molecule has 0 bridgehead atoms. The van der Waals surface area contributed by atoms with Crippen molar-refractivity contribution in [3.63, 3.8) is 0 Å². The van der Waals surface area contributed by atoms with E-state index in [0.717, 1.165) is 16.0 Å². The molecule has 4 heterocycles. The Morgan fingerprint density at radius 3 is 2.54 bits per heavy atom. The molecule has 0 aliphatic carbocycles. The molecule has 3 aliphatic rings. The lowest BCUT2D eigenvalue weighted by atomic mass is 9.84. The monoisotopic (exact) mass is 469 g/mol. The van der Waals surface area contributed by atoms with E-state index in [-0.39, 0.29) is 17.1 Å². The third-order valence-corrected chi connectivity index (χ3v) is 7.14. The fourth-order valence-corrected chi connectivity index (χ4v) is 5.61. The zero-order valence-electron chi connectivity index (χ0n) is 18.5. The van der Waals surface area contributed by atoms with Gasteiger partial charge >= 0.3 is 0 Å². The van der Waals surface area contributed by atoms with Gasteiger partial charge in [0.25, 0.3) is 5.69 Å². The van der Waals surface area contributed by atoms with Crippen molar-refractivity contribution in [2.24, 2.45) is 11.8 Å². The number of benzene rings is 2. The van der Waals surface area contributed by atoms with Crippen molar-refractivity contribution in [3.8, 4) is 0 Å². The summed E-state index contributed by atoms with van der Waals surface area (Å²) in [5.41, 5.74) is 2.24. The van der Waals surface area contributed by atoms with Crippen LogP contribution in [0.3, 0.4) is 0 Å². The predicted octanol–water partition coefficient (Wildman–Crippen LogP) is 3.89. The SMILES string of the molecule is Cc1ccc([N+](=O)[O-])cc1N1C(=O)[C@@H]2[C@H](C1=O)[C@@H]1c3ccccc3C=CN1[C@H]2C(=O)c1ccco1. The van der Waals surface area contributed by atoms with E-state index in [1.54, 1.807) is 24.1 Å². The van der Waals surface area contributed by atoms with Gasteiger partial charge in [-0.2, -0.15) is 0 Å². The highest BCUT2D eigenvalue weighted by Gasteiger charge is 2.65. The second-order valence-electron chi connectivity index (χ2n) is 8.91. The quantitative estimate of drug-likeness (QED) is 0.246. The average molecular weight is 469 g/mol. The van der Waals surface area contributed by atoms with E-state index >= 15 is 0 Å². The van der Waals surface area contributed by atoms with Crippen molar-refractivity contribution in [2.75, 3.05) is 4.90 Å². The minimum absolute atomic E-state index is 0.104. The number of anilines is 1. The number of ketones is 1. The Kier molecular flexibility index (Phi) is 4.50. The van der Waals surface area contributed by atoms with Crippen LogP contribution in [0.1, 0.15) is 33.3 Å². The molecule has 174 valence electrons. The van der Waals surface area contributed by atoms with Crippen LogP contribution >= 0.6 is 0 Å². The Morgan fingerprint density at radius 2 is 1.80 bits per heavy atom. The molecule has 3 aromatic rings. The molecule has 35 heavy (non-hydrogen) atoms. The highest BCUT2D eigenvalue weighted by Crippen LogP contribution is 2.54. The van der Waals surface area contributed by atoms with Crippen LogP contribution in [0, 0.1) is 28.9 Å². The molecule has 2 aromatic carbocycles. The van der Waals surface area contributed by atoms with E-state index in [9.17, 15) is 24.5 Å². The van der Waals surface area contributed by atoms with E-state index in [1.165, 1.54) is 30.5 Å². The number of hydrogen-bond acceptors (Lipinski definition) is 7. The van der Waals surface area contributed by atoms with Gasteiger partial charge in [-0.3, -0.25) is 24.5 Å². The van der Waals surface area contributed by atoms with Crippen LogP contribution in [0.4, 0.5) is 11.4 Å². The number of aryl methyl sites for hydroxylation is 1. The normalized spacial score (nSPS) is 24.4. The summed E-state index contributed by atoms with van der Waals surface area (Å²) >= 11 is 0. The molecular formula is C26H19N3O6. The van der Waals surface area contributed by atoms with Gasteiger partial charge in [0.15, 0.2) is 5.76 Å². The molecule has 2 fully saturated rings. The smallest absolute Gasteiger partial charge is 0.271 e. The summed E-state index contributed by atoms with van der Waals surface area (Å²) in [7, 11) is 0.